The second-order valence-corrected chi connectivity index (χ2v) is 6.26. The minimum atomic E-state index is -0.494. The number of rotatable bonds is 6. The molecule has 136 valence electrons. The summed E-state index contributed by atoms with van der Waals surface area (Å²) in [6.07, 6.45) is 1.46. The summed E-state index contributed by atoms with van der Waals surface area (Å²) in [6.45, 7) is 4.36. The molecule has 3 N–H and O–H groups in total. The van der Waals surface area contributed by atoms with E-state index in [4.69, 9.17) is 4.74 Å². The first-order valence-corrected chi connectivity index (χ1v) is 8.61. The molecule has 0 saturated heterocycles. The molecule has 2 aromatic carbocycles. The van der Waals surface area contributed by atoms with Crippen LogP contribution in [0.25, 0.3) is 0 Å². The van der Waals surface area contributed by atoms with Gasteiger partial charge in [0.1, 0.15) is 12.0 Å². The molecule has 1 aliphatic carbocycles. The molecule has 0 spiro atoms. The minimum absolute atomic E-state index is 0.144. The SMILES string of the molecule is CCCCOC(C)Nc1cc(O)c2c(c1O)C(=O)c1ccccc1C2=O. The summed E-state index contributed by atoms with van der Waals surface area (Å²) in [7, 11) is 0. The van der Waals surface area contributed by atoms with E-state index in [9.17, 15) is 19.8 Å². The van der Waals surface area contributed by atoms with Gasteiger partial charge in [0.05, 0.1) is 16.8 Å². The lowest BCUT2D eigenvalue weighted by Gasteiger charge is -2.23. The minimum Gasteiger partial charge on any atom is -0.507 e. The summed E-state index contributed by atoms with van der Waals surface area (Å²) in [5, 5.41) is 23.9. The topological polar surface area (TPSA) is 95.9 Å². The van der Waals surface area contributed by atoms with Crippen LogP contribution in [0, 0.1) is 0 Å². The number of anilines is 1. The average Bonchev–Trinajstić information content (AvgIpc) is 2.62. The van der Waals surface area contributed by atoms with Gasteiger partial charge in [-0.2, -0.15) is 0 Å². The van der Waals surface area contributed by atoms with Crippen molar-refractivity contribution in [1.82, 2.24) is 0 Å². The third-order valence-electron chi connectivity index (χ3n) is 4.37. The van der Waals surface area contributed by atoms with Gasteiger partial charge in [-0.25, -0.2) is 0 Å². The number of ketones is 2. The number of ether oxygens (including phenoxy) is 1. The Morgan fingerprint density at radius 3 is 2.31 bits per heavy atom. The van der Waals surface area contributed by atoms with Gasteiger partial charge in [-0.05, 0) is 13.3 Å². The normalized spacial score (nSPS) is 13.9. The molecule has 0 aliphatic heterocycles. The maximum absolute atomic E-state index is 12.8. The fourth-order valence-corrected chi connectivity index (χ4v) is 3.03. The second-order valence-electron chi connectivity index (χ2n) is 6.26. The first-order chi connectivity index (χ1) is 12.5. The zero-order valence-electron chi connectivity index (χ0n) is 14.7. The highest BCUT2D eigenvalue weighted by Crippen LogP contribution is 2.42. The Morgan fingerprint density at radius 2 is 1.69 bits per heavy atom. The van der Waals surface area contributed by atoms with Crippen LogP contribution in [0.4, 0.5) is 5.69 Å². The van der Waals surface area contributed by atoms with Gasteiger partial charge in [0, 0.05) is 23.8 Å². The summed E-state index contributed by atoms with van der Waals surface area (Å²) >= 11 is 0. The summed E-state index contributed by atoms with van der Waals surface area (Å²) in [5.41, 5.74) is 0.222. The number of phenols is 2. The number of benzene rings is 2. The number of unbranched alkanes of at least 4 members (excludes halogenated alkanes) is 1. The van der Waals surface area contributed by atoms with Gasteiger partial charge in [-0.1, -0.05) is 37.6 Å². The Labute approximate surface area is 151 Å². The molecular weight excluding hydrogens is 334 g/mol. The van der Waals surface area contributed by atoms with E-state index >= 15 is 0 Å². The second kappa shape index (κ2) is 7.17. The van der Waals surface area contributed by atoms with E-state index in [0.717, 1.165) is 12.8 Å². The number of carbonyl (C=O) groups excluding carboxylic acids is 2. The molecule has 0 fully saturated rings. The fourth-order valence-electron chi connectivity index (χ4n) is 3.03. The number of phenolic OH excluding ortho intramolecular Hbond substituents is 2. The van der Waals surface area contributed by atoms with Gasteiger partial charge < -0.3 is 20.3 Å². The van der Waals surface area contributed by atoms with E-state index in [-0.39, 0.29) is 39.4 Å². The van der Waals surface area contributed by atoms with Gasteiger partial charge in [0.25, 0.3) is 0 Å². The number of hydrogen-bond donors (Lipinski definition) is 3. The third-order valence-corrected chi connectivity index (χ3v) is 4.37. The predicted molar refractivity (Wildman–Crippen MR) is 97.0 cm³/mol. The van der Waals surface area contributed by atoms with Gasteiger partial charge in [0.2, 0.25) is 0 Å². The quantitative estimate of drug-likeness (QED) is 0.271. The van der Waals surface area contributed by atoms with Crippen molar-refractivity contribution in [3.63, 3.8) is 0 Å². The smallest absolute Gasteiger partial charge is 0.198 e. The number of aromatic hydroxyl groups is 2. The van der Waals surface area contributed by atoms with Crippen molar-refractivity contribution in [2.75, 3.05) is 11.9 Å². The van der Waals surface area contributed by atoms with Crippen LogP contribution in [0.1, 0.15) is 58.5 Å². The van der Waals surface area contributed by atoms with Crippen molar-refractivity contribution in [1.29, 1.82) is 0 Å². The van der Waals surface area contributed by atoms with Crippen molar-refractivity contribution in [2.24, 2.45) is 0 Å². The highest BCUT2D eigenvalue weighted by molar-refractivity contribution is 6.30. The van der Waals surface area contributed by atoms with Crippen LogP contribution < -0.4 is 5.32 Å². The van der Waals surface area contributed by atoms with Crippen molar-refractivity contribution < 1.29 is 24.5 Å². The first-order valence-electron chi connectivity index (χ1n) is 8.61. The summed E-state index contributed by atoms with van der Waals surface area (Å²) in [5.74, 6) is -1.70. The zero-order chi connectivity index (χ0) is 18.8. The van der Waals surface area contributed by atoms with Crippen molar-refractivity contribution in [3.8, 4) is 11.5 Å². The molecule has 26 heavy (non-hydrogen) atoms. The number of carbonyl (C=O) groups is 2. The van der Waals surface area contributed by atoms with Crippen LogP contribution >= 0.6 is 0 Å². The maximum Gasteiger partial charge on any atom is 0.198 e. The molecule has 6 heteroatoms. The van der Waals surface area contributed by atoms with E-state index in [1.165, 1.54) is 18.2 Å². The number of nitrogens with one attached hydrogen (secondary N) is 1. The Kier molecular flexibility index (Phi) is 4.95. The Balaban J connectivity index is 1.99. The zero-order valence-corrected chi connectivity index (χ0v) is 14.7. The molecule has 1 aliphatic rings. The van der Waals surface area contributed by atoms with Crippen LogP contribution in [0.5, 0.6) is 11.5 Å². The molecule has 0 radical (unpaired) electrons. The molecule has 0 amide bonds. The van der Waals surface area contributed by atoms with Crippen LogP contribution in [0.15, 0.2) is 30.3 Å². The van der Waals surface area contributed by atoms with Crippen molar-refractivity contribution >= 4 is 17.3 Å². The van der Waals surface area contributed by atoms with Gasteiger partial charge in [-0.3, -0.25) is 9.59 Å². The van der Waals surface area contributed by atoms with Crippen LogP contribution in [-0.4, -0.2) is 34.6 Å². The standard InChI is InChI=1S/C20H21NO5/c1-3-4-9-26-11(2)21-14-10-15(22)16-17(20(14)25)19(24)13-8-6-5-7-12(13)18(16)23/h5-8,10-11,21-22,25H,3-4,9H2,1-2H3. The number of hydrogen-bond acceptors (Lipinski definition) is 6. The molecule has 2 aromatic rings. The molecule has 0 saturated carbocycles. The Bertz CT molecular complexity index is 875. The molecule has 0 heterocycles. The first kappa shape index (κ1) is 17.9. The highest BCUT2D eigenvalue weighted by Gasteiger charge is 2.35. The van der Waals surface area contributed by atoms with E-state index in [0.29, 0.717) is 6.61 Å². The fraction of sp³-hybridized carbons (Fsp3) is 0.300. The molecular formula is C20H21NO5. The highest BCUT2D eigenvalue weighted by atomic mass is 16.5. The van der Waals surface area contributed by atoms with E-state index in [2.05, 4.69) is 12.2 Å². The Morgan fingerprint density at radius 1 is 1.08 bits per heavy atom. The average molecular weight is 355 g/mol. The lowest BCUT2D eigenvalue weighted by molar-refractivity contribution is 0.0823. The molecule has 6 nitrogen and oxygen atoms in total. The summed E-state index contributed by atoms with van der Waals surface area (Å²) in [4.78, 5) is 25.5. The summed E-state index contributed by atoms with van der Waals surface area (Å²) in [6, 6.07) is 7.61. The van der Waals surface area contributed by atoms with E-state index in [1.54, 1.807) is 19.1 Å². The third kappa shape index (κ3) is 3.04. The summed E-state index contributed by atoms with van der Waals surface area (Å²) < 4.78 is 5.57. The van der Waals surface area contributed by atoms with E-state index < -0.39 is 17.8 Å². The molecule has 1 unspecified atom stereocenters. The lowest BCUT2D eigenvalue weighted by Crippen LogP contribution is -2.23. The van der Waals surface area contributed by atoms with Gasteiger partial charge in [-0.15, -0.1) is 0 Å². The lowest BCUT2D eigenvalue weighted by atomic mass is 9.82. The maximum atomic E-state index is 12.8. The van der Waals surface area contributed by atoms with Gasteiger partial charge >= 0.3 is 0 Å². The monoisotopic (exact) mass is 355 g/mol. The largest absolute Gasteiger partial charge is 0.507 e. The molecule has 0 bridgehead atoms. The molecule has 0 aromatic heterocycles. The van der Waals surface area contributed by atoms with Gasteiger partial charge in [0.15, 0.2) is 17.3 Å². The molecule has 1 atom stereocenters. The van der Waals surface area contributed by atoms with Crippen molar-refractivity contribution in [3.05, 3.63) is 52.6 Å². The van der Waals surface area contributed by atoms with Crippen LogP contribution in [0.2, 0.25) is 0 Å². The number of fused-ring (bicyclic) bond motifs is 2. The predicted octanol–water partition coefficient (Wildman–Crippen LogP) is 3.45. The van der Waals surface area contributed by atoms with Crippen LogP contribution in [0.3, 0.4) is 0 Å². The van der Waals surface area contributed by atoms with E-state index in [1.807, 2.05) is 0 Å². The Hall–Kier alpha value is -2.86. The van der Waals surface area contributed by atoms with Crippen molar-refractivity contribution in [2.45, 2.75) is 32.9 Å². The van der Waals surface area contributed by atoms with Crippen LogP contribution in [-0.2, 0) is 4.74 Å². The molecule has 3 rings (SSSR count).